The molecule has 1 saturated heterocycles. The normalized spacial score (nSPS) is 23.7. The maximum atomic E-state index is 12.8. The van der Waals surface area contributed by atoms with Gasteiger partial charge < -0.3 is 5.73 Å². The van der Waals surface area contributed by atoms with Gasteiger partial charge in [0.15, 0.2) is 0 Å². The Balaban J connectivity index is 2.03. The summed E-state index contributed by atoms with van der Waals surface area (Å²) in [6, 6.07) is 12.8. The van der Waals surface area contributed by atoms with E-state index in [0.29, 0.717) is 24.4 Å². The summed E-state index contributed by atoms with van der Waals surface area (Å²) in [5.74, 6) is 0. The number of thiol groups is 1. The Morgan fingerprint density at radius 1 is 1.19 bits per heavy atom. The fourth-order valence-corrected chi connectivity index (χ4v) is 5.09. The standard InChI is InChI=1S/C15H18N2O2S2/c16-9-13-8-14(20)10-17(13)21(18,19)15-6-5-11-3-1-2-4-12(11)7-15/h1-7,13-14,20H,8-10,16H2. The van der Waals surface area contributed by atoms with Gasteiger partial charge in [-0.05, 0) is 29.3 Å². The van der Waals surface area contributed by atoms with Crippen molar-refractivity contribution in [3.8, 4) is 0 Å². The molecule has 0 amide bonds. The van der Waals surface area contributed by atoms with Crippen molar-refractivity contribution in [3.63, 3.8) is 0 Å². The van der Waals surface area contributed by atoms with Gasteiger partial charge in [-0.15, -0.1) is 0 Å². The average Bonchev–Trinajstić information content (AvgIpc) is 2.88. The molecule has 0 bridgehead atoms. The zero-order valence-corrected chi connectivity index (χ0v) is 13.2. The molecule has 0 aromatic heterocycles. The third-order valence-electron chi connectivity index (χ3n) is 3.94. The lowest BCUT2D eigenvalue weighted by Gasteiger charge is -2.22. The van der Waals surface area contributed by atoms with Gasteiger partial charge in [0, 0.05) is 24.4 Å². The Kier molecular flexibility index (Phi) is 3.96. The minimum Gasteiger partial charge on any atom is -0.329 e. The summed E-state index contributed by atoms with van der Waals surface area (Å²) in [6.45, 7) is 0.740. The summed E-state index contributed by atoms with van der Waals surface area (Å²) in [5.41, 5.74) is 5.71. The van der Waals surface area contributed by atoms with Gasteiger partial charge >= 0.3 is 0 Å². The van der Waals surface area contributed by atoms with E-state index in [9.17, 15) is 8.42 Å². The number of hydrogen-bond donors (Lipinski definition) is 2. The van der Waals surface area contributed by atoms with Crippen LogP contribution < -0.4 is 5.73 Å². The molecule has 0 radical (unpaired) electrons. The molecule has 2 N–H and O–H groups in total. The molecule has 4 nitrogen and oxygen atoms in total. The quantitative estimate of drug-likeness (QED) is 0.848. The van der Waals surface area contributed by atoms with Crippen LogP contribution in [0.15, 0.2) is 47.4 Å². The zero-order chi connectivity index (χ0) is 15.0. The Morgan fingerprint density at radius 2 is 1.90 bits per heavy atom. The van der Waals surface area contributed by atoms with E-state index in [0.717, 1.165) is 10.8 Å². The fourth-order valence-electron chi connectivity index (χ4n) is 2.83. The first-order valence-electron chi connectivity index (χ1n) is 6.91. The summed E-state index contributed by atoms with van der Waals surface area (Å²) in [6.07, 6.45) is 0.701. The van der Waals surface area contributed by atoms with Crippen LogP contribution >= 0.6 is 12.6 Å². The Hall–Kier alpha value is -1.08. The minimum absolute atomic E-state index is 0.0498. The van der Waals surface area contributed by atoms with Crippen molar-refractivity contribution in [1.29, 1.82) is 0 Å². The molecule has 1 aliphatic rings. The fraction of sp³-hybridized carbons (Fsp3) is 0.333. The van der Waals surface area contributed by atoms with Crippen LogP contribution in [0.5, 0.6) is 0 Å². The van der Waals surface area contributed by atoms with Crippen molar-refractivity contribution >= 4 is 33.4 Å². The molecular formula is C15H18N2O2S2. The van der Waals surface area contributed by atoms with Crippen LogP contribution in [0.1, 0.15) is 6.42 Å². The van der Waals surface area contributed by atoms with Crippen LogP contribution in [0.4, 0.5) is 0 Å². The predicted octanol–water partition coefficient (Wildman–Crippen LogP) is 1.86. The van der Waals surface area contributed by atoms with Crippen molar-refractivity contribution in [1.82, 2.24) is 4.31 Å². The molecule has 112 valence electrons. The maximum Gasteiger partial charge on any atom is 0.243 e. The highest BCUT2D eigenvalue weighted by Crippen LogP contribution is 2.29. The molecule has 6 heteroatoms. The van der Waals surface area contributed by atoms with Gasteiger partial charge in [-0.2, -0.15) is 16.9 Å². The lowest BCUT2D eigenvalue weighted by Crippen LogP contribution is -2.39. The second kappa shape index (κ2) is 5.61. The average molecular weight is 322 g/mol. The first kappa shape index (κ1) is 14.8. The summed E-state index contributed by atoms with van der Waals surface area (Å²) < 4.78 is 27.2. The van der Waals surface area contributed by atoms with Crippen molar-refractivity contribution in [2.75, 3.05) is 13.1 Å². The van der Waals surface area contributed by atoms with Crippen LogP contribution in [0.2, 0.25) is 0 Å². The highest BCUT2D eigenvalue weighted by Gasteiger charge is 2.38. The molecule has 1 aliphatic heterocycles. The molecule has 3 rings (SSSR count). The van der Waals surface area contributed by atoms with Crippen molar-refractivity contribution in [2.24, 2.45) is 5.73 Å². The van der Waals surface area contributed by atoms with E-state index in [1.807, 2.05) is 30.3 Å². The molecule has 0 saturated carbocycles. The summed E-state index contributed by atoms with van der Waals surface area (Å²) in [5, 5.41) is 2.00. The van der Waals surface area contributed by atoms with Gasteiger partial charge in [0.1, 0.15) is 0 Å². The van der Waals surface area contributed by atoms with Gasteiger partial charge in [-0.3, -0.25) is 0 Å². The molecule has 2 unspecified atom stereocenters. The molecule has 2 aromatic carbocycles. The van der Waals surface area contributed by atoms with Crippen LogP contribution in [0.3, 0.4) is 0 Å². The van der Waals surface area contributed by atoms with E-state index >= 15 is 0 Å². The van der Waals surface area contributed by atoms with Crippen molar-refractivity contribution in [3.05, 3.63) is 42.5 Å². The smallest absolute Gasteiger partial charge is 0.243 e. The van der Waals surface area contributed by atoms with Crippen molar-refractivity contribution < 1.29 is 8.42 Å². The molecule has 2 aromatic rings. The lowest BCUT2D eigenvalue weighted by molar-refractivity contribution is 0.393. The van der Waals surface area contributed by atoms with Gasteiger partial charge in [0.25, 0.3) is 0 Å². The zero-order valence-electron chi connectivity index (χ0n) is 11.5. The predicted molar refractivity (Wildman–Crippen MR) is 88.1 cm³/mol. The van der Waals surface area contributed by atoms with E-state index in [1.165, 1.54) is 4.31 Å². The van der Waals surface area contributed by atoms with E-state index in [1.54, 1.807) is 12.1 Å². The second-order valence-electron chi connectivity index (χ2n) is 5.36. The monoisotopic (exact) mass is 322 g/mol. The first-order chi connectivity index (χ1) is 10.0. The largest absolute Gasteiger partial charge is 0.329 e. The maximum absolute atomic E-state index is 12.8. The Morgan fingerprint density at radius 3 is 2.62 bits per heavy atom. The number of hydrogen-bond acceptors (Lipinski definition) is 4. The van der Waals surface area contributed by atoms with Crippen LogP contribution in [-0.4, -0.2) is 37.1 Å². The van der Waals surface area contributed by atoms with Gasteiger partial charge in [-0.25, -0.2) is 8.42 Å². The number of rotatable bonds is 3. The highest BCUT2D eigenvalue weighted by molar-refractivity contribution is 7.89. The SMILES string of the molecule is NCC1CC(S)CN1S(=O)(=O)c1ccc2ccccc2c1. The highest BCUT2D eigenvalue weighted by atomic mass is 32.2. The van der Waals surface area contributed by atoms with E-state index in [4.69, 9.17) is 5.73 Å². The van der Waals surface area contributed by atoms with Crippen LogP contribution in [0, 0.1) is 0 Å². The van der Waals surface area contributed by atoms with Crippen LogP contribution in [-0.2, 0) is 10.0 Å². The number of benzene rings is 2. The molecule has 0 spiro atoms. The summed E-state index contributed by atoms with van der Waals surface area (Å²) in [4.78, 5) is 0.321. The molecule has 0 aliphatic carbocycles. The van der Waals surface area contributed by atoms with Gasteiger partial charge in [0.05, 0.1) is 4.90 Å². The van der Waals surface area contributed by atoms with E-state index in [2.05, 4.69) is 12.6 Å². The third kappa shape index (κ3) is 2.68. The van der Waals surface area contributed by atoms with Crippen LogP contribution in [0.25, 0.3) is 10.8 Å². The minimum atomic E-state index is -3.52. The Labute approximate surface area is 130 Å². The first-order valence-corrected chi connectivity index (χ1v) is 8.87. The number of nitrogens with two attached hydrogens (primary N) is 1. The molecule has 2 atom stereocenters. The third-order valence-corrected chi connectivity index (χ3v) is 6.23. The van der Waals surface area contributed by atoms with Gasteiger partial charge in [-0.1, -0.05) is 30.3 Å². The van der Waals surface area contributed by atoms with Crippen molar-refractivity contribution in [2.45, 2.75) is 22.6 Å². The topological polar surface area (TPSA) is 63.4 Å². The molecule has 1 heterocycles. The summed E-state index contributed by atoms with van der Waals surface area (Å²) in [7, 11) is -3.52. The number of nitrogens with zero attached hydrogens (tertiary/aromatic N) is 1. The Bertz CT molecular complexity index is 761. The molecule has 1 fully saturated rings. The second-order valence-corrected chi connectivity index (χ2v) is 7.98. The lowest BCUT2D eigenvalue weighted by atomic mass is 10.1. The van der Waals surface area contributed by atoms with E-state index in [-0.39, 0.29) is 11.3 Å². The van der Waals surface area contributed by atoms with Gasteiger partial charge in [0.2, 0.25) is 10.0 Å². The summed E-state index contributed by atoms with van der Waals surface area (Å²) >= 11 is 4.41. The number of fused-ring (bicyclic) bond motifs is 1. The molecule has 21 heavy (non-hydrogen) atoms. The molecular weight excluding hydrogens is 304 g/mol. The number of sulfonamides is 1. The van der Waals surface area contributed by atoms with E-state index < -0.39 is 10.0 Å².